The summed E-state index contributed by atoms with van der Waals surface area (Å²) >= 11 is 1.23. The minimum Gasteiger partial charge on any atom is -0.340 e. The van der Waals surface area contributed by atoms with Gasteiger partial charge in [-0.3, -0.25) is 14.9 Å². The number of nitrogens with one attached hydrogen (secondary N) is 3. The number of likely N-dealkylation sites (N-methyl/N-ethyl adjacent to an activating group) is 1. The molecule has 1 aromatic carbocycles. The monoisotopic (exact) mass is 517 g/mol. The number of hydrogen-bond acceptors (Lipinski definition) is 6. The van der Waals surface area contributed by atoms with E-state index in [1.807, 2.05) is 6.07 Å². The number of ketones is 1. The van der Waals surface area contributed by atoms with Gasteiger partial charge in [0.05, 0.1) is 17.1 Å². The van der Waals surface area contributed by atoms with Crippen molar-refractivity contribution >= 4 is 34.2 Å². The Balaban J connectivity index is 0.000000205. The standard InChI is InChI=1S/C14H21N3O2S.C12H15FN2O/c1-8-6-4-5-7-11(8)16-13(19)17-14-15-9(2)12(20-14)10(3)18;1-15-11(7-14-8-12(15)16)6-9-3-2-4-10(13)5-9/h8,11H,4-7H2,1-3H3,(H2,15,16,17,19);2-5,11,14H,6-8H2,1H3. The molecule has 2 heterocycles. The number of halogens is 1. The maximum Gasteiger partial charge on any atom is 0.321 e. The highest BCUT2D eigenvalue weighted by Gasteiger charge is 2.25. The van der Waals surface area contributed by atoms with Gasteiger partial charge < -0.3 is 15.5 Å². The van der Waals surface area contributed by atoms with Crippen LogP contribution in [0.4, 0.5) is 14.3 Å². The van der Waals surface area contributed by atoms with Crippen molar-refractivity contribution in [2.24, 2.45) is 5.92 Å². The Kier molecular flexibility index (Phi) is 9.95. The summed E-state index contributed by atoms with van der Waals surface area (Å²) in [5.41, 5.74) is 1.59. The van der Waals surface area contributed by atoms with Gasteiger partial charge in [-0.15, -0.1) is 0 Å². The van der Waals surface area contributed by atoms with Crippen molar-refractivity contribution < 1.29 is 18.8 Å². The Morgan fingerprint density at radius 1 is 1.28 bits per heavy atom. The van der Waals surface area contributed by atoms with Crippen molar-refractivity contribution in [3.8, 4) is 0 Å². The average Bonchev–Trinajstić information content (AvgIpc) is 3.19. The van der Waals surface area contributed by atoms with Gasteiger partial charge in [0.2, 0.25) is 5.91 Å². The third-order valence-corrected chi connectivity index (χ3v) is 7.90. The van der Waals surface area contributed by atoms with E-state index in [1.165, 1.54) is 43.2 Å². The van der Waals surface area contributed by atoms with Gasteiger partial charge in [-0.2, -0.15) is 0 Å². The number of benzene rings is 1. The summed E-state index contributed by atoms with van der Waals surface area (Å²) in [7, 11) is 1.80. The maximum atomic E-state index is 13.0. The zero-order valence-corrected chi connectivity index (χ0v) is 22.2. The lowest BCUT2D eigenvalue weighted by Gasteiger charge is -2.33. The van der Waals surface area contributed by atoms with Gasteiger partial charge in [0.1, 0.15) is 5.82 Å². The van der Waals surface area contributed by atoms with E-state index in [1.54, 1.807) is 24.9 Å². The summed E-state index contributed by atoms with van der Waals surface area (Å²) in [4.78, 5) is 41.3. The van der Waals surface area contributed by atoms with Crippen LogP contribution in [0.15, 0.2) is 24.3 Å². The van der Waals surface area contributed by atoms with E-state index in [4.69, 9.17) is 0 Å². The van der Waals surface area contributed by atoms with Gasteiger partial charge in [-0.05, 0) is 49.8 Å². The quantitative estimate of drug-likeness (QED) is 0.517. The van der Waals surface area contributed by atoms with Crippen LogP contribution in [0, 0.1) is 18.7 Å². The predicted octanol–water partition coefficient (Wildman–Crippen LogP) is 4.15. The van der Waals surface area contributed by atoms with Crippen LogP contribution in [-0.2, 0) is 11.2 Å². The normalized spacial score (nSPS) is 21.9. The number of carbonyl (C=O) groups is 3. The van der Waals surface area contributed by atoms with E-state index in [0.29, 0.717) is 34.6 Å². The van der Waals surface area contributed by atoms with E-state index in [-0.39, 0.29) is 35.6 Å². The van der Waals surface area contributed by atoms with E-state index >= 15 is 0 Å². The number of carbonyl (C=O) groups excluding carboxylic acids is 3. The van der Waals surface area contributed by atoms with Crippen LogP contribution in [0.25, 0.3) is 0 Å². The molecule has 10 heteroatoms. The van der Waals surface area contributed by atoms with Crippen LogP contribution in [0.3, 0.4) is 0 Å². The fourth-order valence-electron chi connectivity index (χ4n) is 4.56. The average molecular weight is 518 g/mol. The maximum absolute atomic E-state index is 13.0. The first kappa shape index (κ1) is 27.7. The number of urea groups is 1. The molecule has 3 N–H and O–H groups in total. The van der Waals surface area contributed by atoms with E-state index in [0.717, 1.165) is 24.9 Å². The Hall–Kier alpha value is -2.85. The molecule has 0 radical (unpaired) electrons. The summed E-state index contributed by atoms with van der Waals surface area (Å²) in [5.74, 6) is 0.359. The van der Waals surface area contributed by atoms with Crippen molar-refractivity contribution in [3.05, 3.63) is 46.2 Å². The summed E-state index contributed by atoms with van der Waals surface area (Å²) in [6, 6.07) is 6.65. The highest BCUT2D eigenvalue weighted by molar-refractivity contribution is 7.17. The molecule has 2 aliphatic rings. The molecule has 4 rings (SSSR count). The lowest BCUT2D eigenvalue weighted by atomic mass is 9.86. The molecule has 3 atom stereocenters. The molecule has 2 fully saturated rings. The van der Waals surface area contributed by atoms with Crippen LogP contribution in [0.1, 0.15) is 60.5 Å². The second-order valence-electron chi connectivity index (χ2n) is 9.58. The van der Waals surface area contributed by atoms with Crippen molar-refractivity contribution in [3.63, 3.8) is 0 Å². The molecule has 2 aromatic rings. The number of nitrogens with zero attached hydrogens (tertiary/aromatic N) is 2. The molecule has 1 aliphatic carbocycles. The molecule has 36 heavy (non-hydrogen) atoms. The number of piperazine rings is 1. The zero-order chi connectivity index (χ0) is 26.2. The van der Waals surface area contributed by atoms with Crippen molar-refractivity contribution in [1.29, 1.82) is 0 Å². The minimum atomic E-state index is -0.229. The number of aryl methyl sites for hydroxylation is 1. The number of rotatable bonds is 5. The summed E-state index contributed by atoms with van der Waals surface area (Å²) in [6.07, 6.45) is 5.29. The zero-order valence-electron chi connectivity index (χ0n) is 21.4. The van der Waals surface area contributed by atoms with Gasteiger partial charge >= 0.3 is 6.03 Å². The van der Waals surface area contributed by atoms with Gasteiger partial charge in [0, 0.05) is 32.6 Å². The predicted molar refractivity (Wildman–Crippen MR) is 140 cm³/mol. The molecule has 0 spiro atoms. The molecule has 8 nitrogen and oxygen atoms in total. The Morgan fingerprint density at radius 3 is 2.69 bits per heavy atom. The van der Waals surface area contributed by atoms with Gasteiger partial charge in [-0.1, -0.05) is 43.2 Å². The van der Waals surface area contributed by atoms with Crippen molar-refractivity contribution in [2.45, 2.75) is 65.0 Å². The highest BCUT2D eigenvalue weighted by Crippen LogP contribution is 2.25. The number of aromatic nitrogens is 1. The summed E-state index contributed by atoms with van der Waals surface area (Å²) in [5, 5.41) is 9.28. The first-order valence-electron chi connectivity index (χ1n) is 12.4. The largest absolute Gasteiger partial charge is 0.340 e. The number of anilines is 1. The summed E-state index contributed by atoms with van der Waals surface area (Å²) in [6.45, 7) is 6.62. The molecule has 1 aliphatic heterocycles. The number of Topliss-reactive ketones (excluding diaryl/α,β-unsaturated/α-hetero) is 1. The third kappa shape index (κ3) is 7.83. The number of amides is 3. The first-order valence-corrected chi connectivity index (χ1v) is 13.2. The molecule has 1 aromatic heterocycles. The molecule has 1 saturated carbocycles. The fourth-order valence-corrected chi connectivity index (χ4v) is 5.42. The SMILES string of the molecule is CC(=O)c1sc(NC(=O)NC2CCCCC2C)nc1C.CN1C(=O)CNCC1Cc1cccc(F)c1. The van der Waals surface area contributed by atoms with Crippen LogP contribution < -0.4 is 16.0 Å². The molecular formula is C26H36FN5O3S. The van der Waals surface area contributed by atoms with Gasteiger partial charge in [0.15, 0.2) is 10.9 Å². The van der Waals surface area contributed by atoms with Crippen LogP contribution in [0.2, 0.25) is 0 Å². The number of thiazole rings is 1. The lowest BCUT2D eigenvalue weighted by Crippen LogP contribution is -2.53. The Bertz CT molecular complexity index is 1080. The topological polar surface area (TPSA) is 103 Å². The van der Waals surface area contributed by atoms with E-state index in [2.05, 4.69) is 27.9 Å². The van der Waals surface area contributed by atoms with Gasteiger partial charge in [0.25, 0.3) is 0 Å². The molecule has 0 bridgehead atoms. The van der Waals surface area contributed by atoms with Crippen LogP contribution >= 0.6 is 11.3 Å². The smallest absolute Gasteiger partial charge is 0.321 e. The number of hydrogen-bond donors (Lipinski definition) is 3. The second kappa shape index (κ2) is 12.9. The Labute approximate surface area is 216 Å². The molecule has 1 saturated heterocycles. The molecule has 3 unspecified atom stereocenters. The summed E-state index contributed by atoms with van der Waals surface area (Å²) < 4.78 is 13.0. The van der Waals surface area contributed by atoms with Crippen molar-refractivity contribution in [2.75, 3.05) is 25.5 Å². The Morgan fingerprint density at radius 2 is 2.03 bits per heavy atom. The van der Waals surface area contributed by atoms with E-state index in [9.17, 15) is 18.8 Å². The second-order valence-corrected chi connectivity index (χ2v) is 10.6. The molecule has 3 amide bonds. The third-order valence-electron chi connectivity index (χ3n) is 6.72. The fraction of sp³-hybridized carbons (Fsp3) is 0.538. The molecular weight excluding hydrogens is 481 g/mol. The molecule has 196 valence electrons. The lowest BCUT2D eigenvalue weighted by molar-refractivity contribution is -0.133. The minimum absolute atomic E-state index is 0.0191. The van der Waals surface area contributed by atoms with Gasteiger partial charge in [-0.25, -0.2) is 14.2 Å². The van der Waals surface area contributed by atoms with Crippen molar-refractivity contribution in [1.82, 2.24) is 20.5 Å². The van der Waals surface area contributed by atoms with E-state index < -0.39 is 0 Å². The van der Waals surface area contributed by atoms with Crippen LogP contribution in [-0.4, -0.2) is 59.8 Å². The first-order chi connectivity index (χ1) is 17.1. The highest BCUT2D eigenvalue weighted by atomic mass is 32.1. The van der Waals surface area contributed by atoms with Crippen LogP contribution in [0.5, 0.6) is 0 Å².